The first kappa shape index (κ1) is 40.7. The minimum Gasteiger partial charge on any atom is -0.506 e. The van der Waals surface area contributed by atoms with Gasteiger partial charge in [0, 0.05) is 23.4 Å². The molecule has 3 amide bonds. The van der Waals surface area contributed by atoms with Crippen LogP contribution in [0, 0.1) is 11.3 Å². The SMILES string of the molecule is CC.CCC(C)(C)c1ccc(OC(C)C(=O)Nc2cc(O)c(NC(=O)Nc3ccc(C#N)cc3)cc2Oc2ccc(OC)cc2)c(C(C)(C)CC)c1. The van der Waals surface area contributed by atoms with Gasteiger partial charge < -0.3 is 35.3 Å². The number of phenolic OH excluding ortho intramolecular Hbond substituents is 1. The van der Waals surface area contributed by atoms with Crippen molar-refractivity contribution < 1.29 is 28.9 Å². The third-order valence-electron chi connectivity index (χ3n) is 9.09. The first-order valence-electron chi connectivity index (χ1n) is 17.6. The van der Waals surface area contributed by atoms with Gasteiger partial charge in [-0.3, -0.25) is 4.79 Å². The van der Waals surface area contributed by atoms with Gasteiger partial charge in [-0.2, -0.15) is 5.26 Å². The van der Waals surface area contributed by atoms with E-state index >= 15 is 0 Å². The molecule has 0 aliphatic carbocycles. The van der Waals surface area contributed by atoms with Crippen molar-refractivity contribution in [3.8, 4) is 34.8 Å². The average molecular weight is 709 g/mol. The molecule has 10 nitrogen and oxygen atoms in total. The molecule has 0 bridgehead atoms. The summed E-state index contributed by atoms with van der Waals surface area (Å²) < 4.78 is 17.7. The van der Waals surface area contributed by atoms with E-state index in [0.717, 1.165) is 18.4 Å². The predicted octanol–water partition coefficient (Wildman–Crippen LogP) is 10.5. The molecule has 0 heterocycles. The van der Waals surface area contributed by atoms with Crippen LogP contribution < -0.4 is 30.2 Å². The fraction of sp³-hybridized carbons (Fsp3) is 0.357. The Morgan fingerprint density at radius 1 is 0.788 bits per heavy atom. The molecule has 10 heteroatoms. The monoisotopic (exact) mass is 708 g/mol. The lowest BCUT2D eigenvalue weighted by molar-refractivity contribution is -0.122. The minimum absolute atomic E-state index is 0.0201. The Bertz CT molecular complexity index is 1860. The lowest BCUT2D eigenvalue weighted by atomic mass is 9.76. The Hall–Kier alpha value is -5.69. The van der Waals surface area contributed by atoms with Gasteiger partial charge in [0.05, 0.1) is 30.1 Å². The van der Waals surface area contributed by atoms with E-state index in [1.54, 1.807) is 62.6 Å². The van der Waals surface area contributed by atoms with E-state index in [0.29, 0.717) is 28.5 Å². The van der Waals surface area contributed by atoms with Gasteiger partial charge in [0.15, 0.2) is 11.9 Å². The van der Waals surface area contributed by atoms with Crippen LogP contribution in [0.25, 0.3) is 0 Å². The fourth-order valence-electron chi connectivity index (χ4n) is 4.99. The average Bonchev–Trinajstić information content (AvgIpc) is 3.14. The van der Waals surface area contributed by atoms with Gasteiger partial charge in [-0.25, -0.2) is 4.79 Å². The maximum atomic E-state index is 13.6. The number of hydrogen-bond donors (Lipinski definition) is 4. The second-order valence-corrected chi connectivity index (χ2v) is 13.3. The lowest BCUT2D eigenvalue weighted by Gasteiger charge is -2.31. The number of rotatable bonds is 13. The number of ether oxygens (including phenoxy) is 3. The zero-order chi connectivity index (χ0) is 38.6. The van der Waals surface area contributed by atoms with Crippen LogP contribution in [0.5, 0.6) is 28.7 Å². The number of phenols is 1. The van der Waals surface area contributed by atoms with E-state index in [2.05, 4.69) is 69.6 Å². The van der Waals surface area contributed by atoms with E-state index in [1.165, 1.54) is 17.7 Å². The number of carbonyl (C=O) groups is 2. The normalized spacial score (nSPS) is 11.6. The number of amides is 3. The minimum atomic E-state index is -0.918. The van der Waals surface area contributed by atoms with Crippen LogP contribution in [0.3, 0.4) is 0 Å². The molecular weight excluding hydrogens is 656 g/mol. The molecule has 4 N–H and O–H groups in total. The van der Waals surface area contributed by atoms with E-state index in [-0.39, 0.29) is 33.7 Å². The van der Waals surface area contributed by atoms with Gasteiger partial charge in [-0.05, 0) is 90.8 Å². The Morgan fingerprint density at radius 3 is 1.98 bits per heavy atom. The molecule has 1 atom stereocenters. The number of hydrogen-bond acceptors (Lipinski definition) is 7. The maximum absolute atomic E-state index is 13.6. The zero-order valence-electron chi connectivity index (χ0n) is 31.9. The number of nitrogens with zero attached hydrogens (tertiary/aromatic N) is 1. The van der Waals surface area contributed by atoms with Gasteiger partial charge >= 0.3 is 6.03 Å². The molecule has 0 aromatic heterocycles. The van der Waals surface area contributed by atoms with E-state index in [9.17, 15) is 14.7 Å². The van der Waals surface area contributed by atoms with Crippen molar-refractivity contribution in [2.45, 2.75) is 92.1 Å². The van der Waals surface area contributed by atoms with Crippen LogP contribution in [0.2, 0.25) is 0 Å². The summed E-state index contributed by atoms with van der Waals surface area (Å²) in [6, 6.07) is 23.4. The fourth-order valence-corrected chi connectivity index (χ4v) is 4.99. The van der Waals surface area contributed by atoms with Crippen LogP contribution in [0.4, 0.5) is 21.9 Å². The molecule has 0 fully saturated rings. The third kappa shape index (κ3) is 10.4. The van der Waals surface area contributed by atoms with Gasteiger partial charge in [0.2, 0.25) is 0 Å². The van der Waals surface area contributed by atoms with Crippen LogP contribution in [0.15, 0.2) is 78.9 Å². The van der Waals surface area contributed by atoms with Gasteiger partial charge in [0.25, 0.3) is 5.91 Å². The first-order valence-corrected chi connectivity index (χ1v) is 17.6. The molecule has 4 aromatic carbocycles. The Morgan fingerprint density at radius 2 is 1.40 bits per heavy atom. The van der Waals surface area contributed by atoms with Crippen LogP contribution in [-0.2, 0) is 15.6 Å². The van der Waals surface area contributed by atoms with Crippen molar-refractivity contribution in [1.82, 2.24) is 0 Å². The maximum Gasteiger partial charge on any atom is 0.323 e. The Labute approximate surface area is 308 Å². The number of benzene rings is 4. The standard InChI is InChI=1S/C40H46N4O6.C2H6/c1-9-39(4,5)27-13-20-35(31(21-27)40(6,7)10-2)49-25(3)37(46)43-33-22-34(45)32(23-36(33)50-30-18-16-29(48-8)17-19-30)44-38(47)42-28-14-11-26(24-41)12-15-28;1-2/h11-23,25,45H,9-10H2,1-8H3,(H,43,46)(H2,42,44,47);1-2H3. The van der Waals surface area contributed by atoms with Crippen LogP contribution in [0.1, 0.15) is 91.8 Å². The summed E-state index contributed by atoms with van der Waals surface area (Å²) in [5, 5.41) is 28.1. The molecule has 0 saturated heterocycles. The number of urea groups is 1. The molecule has 0 aliphatic heterocycles. The highest BCUT2D eigenvalue weighted by Crippen LogP contribution is 2.41. The molecule has 276 valence electrons. The Balaban J connectivity index is 0.00000358. The number of carbonyl (C=O) groups excluding carboxylic acids is 2. The molecule has 4 rings (SSSR count). The largest absolute Gasteiger partial charge is 0.506 e. The van der Waals surface area contributed by atoms with E-state index < -0.39 is 18.0 Å². The first-order chi connectivity index (χ1) is 24.7. The van der Waals surface area contributed by atoms with Crippen molar-refractivity contribution >= 4 is 29.0 Å². The summed E-state index contributed by atoms with van der Waals surface area (Å²) in [4.78, 5) is 26.5. The second-order valence-electron chi connectivity index (χ2n) is 13.3. The molecule has 0 saturated carbocycles. The van der Waals surface area contributed by atoms with Crippen LogP contribution in [-0.4, -0.2) is 30.3 Å². The number of aromatic hydroxyl groups is 1. The van der Waals surface area contributed by atoms with Crippen LogP contribution >= 0.6 is 0 Å². The molecular formula is C42H52N4O6. The second kappa shape index (κ2) is 18.0. The van der Waals surface area contributed by atoms with Crippen molar-refractivity contribution in [2.75, 3.05) is 23.1 Å². The molecule has 1 unspecified atom stereocenters. The van der Waals surface area contributed by atoms with Crippen molar-refractivity contribution in [3.63, 3.8) is 0 Å². The summed E-state index contributed by atoms with van der Waals surface area (Å²) in [6.07, 6.45) is 0.928. The third-order valence-corrected chi connectivity index (χ3v) is 9.09. The number of anilines is 3. The topological polar surface area (TPSA) is 142 Å². The Kier molecular flexibility index (Phi) is 14.1. The van der Waals surface area contributed by atoms with E-state index in [4.69, 9.17) is 19.5 Å². The van der Waals surface area contributed by atoms with Crippen molar-refractivity contribution in [2.24, 2.45) is 0 Å². The highest BCUT2D eigenvalue weighted by atomic mass is 16.5. The predicted molar refractivity (Wildman–Crippen MR) is 208 cm³/mol. The number of nitriles is 1. The van der Waals surface area contributed by atoms with Gasteiger partial charge in [-0.1, -0.05) is 67.5 Å². The molecule has 4 aromatic rings. The van der Waals surface area contributed by atoms with Gasteiger partial charge in [0.1, 0.15) is 23.0 Å². The van der Waals surface area contributed by atoms with Gasteiger partial charge in [-0.15, -0.1) is 0 Å². The summed E-state index contributed by atoms with van der Waals surface area (Å²) in [5.41, 5.74) is 3.09. The molecule has 0 radical (unpaired) electrons. The van der Waals surface area contributed by atoms with E-state index in [1.807, 2.05) is 26.0 Å². The van der Waals surface area contributed by atoms with Crippen molar-refractivity contribution in [3.05, 3.63) is 95.6 Å². The summed E-state index contributed by atoms with van der Waals surface area (Å²) >= 11 is 0. The smallest absolute Gasteiger partial charge is 0.323 e. The summed E-state index contributed by atoms with van der Waals surface area (Å²) in [5.74, 6) is 1.04. The summed E-state index contributed by atoms with van der Waals surface area (Å²) in [7, 11) is 1.56. The quantitative estimate of drug-likeness (QED) is 0.101. The zero-order valence-corrected chi connectivity index (χ0v) is 31.9. The summed E-state index contributed by atoms with van der Waals surface area (Å²) in [6.45, 7) is 18.7. The molecule has 0 aliphatic rings. The van der Waals surface area contributed by atoms with Crippen molar-refractivity contribution in [1.29, 1.82) is 5.26 Å². The number of methoxy groups -OCH3 is 1. The highest BCUT2D eigenvalue weighted by Gasteiger charge is 2.28. The number of nitrogens with one attached hydrogen (secondary N) is 3. The molecule has 52 heavy (non-hydrogen) atoms. The molecule has 0 spiro atoms. The highest BCUT2D eigenvalue weighted by molar-refractivity contribution is 6.02. The lowest BCUT2D eigenvalue weighted by Crippen LogP contribution is -2.31.